The maximum Gasteiger partial charge on any atom is 0.342 e. The Kier molecular flexibility index (Phi) is 0.865. The normalized spacial score (nSPS) is 17.8. The van der Waals surface area contributed by atoms with E-state index in [1.165, 1.54) is 0 Å². The van der Waals surface area contributed by atoms with Crippen molar-refractivity contribution in [3.63, 3.8) is 0 Å². The minimum Gasteiger partial charge on any atom is -0.550 e. The lowest BCUT2D eigenvalue weighted by Gasteiger charge is -1.77. The molecule has 3 nitrogen and oxygen atoms in total. The summed E-state index contributed by atoms with van der Waals surface area (Å²) in [5, 5.41) is 8.89. The highest BCUT2D eigenvalue weighted by Crippen LogP contribution is 1.31. The summed E-state index contributed by atoms with van der Waals surface area (Å²) < 4.78 is 23.5. The molecule has 0 heterocycles. The van der Waals surface area contributed by atoms with Gasteiger partial charge in [0.15, 0.2) is 0 Å². The zero-order valence-electron chi connectivity index (χ0n) is 6.76. The van der Waals surface area contributed by atoms with Gasteiger partial charge in [-0.05, 0) is 6.92 Å². The summed E-state index contributed by atoms with van der Waals surface area (Å²) in [6.45, 7) is 0.972. The lowest BCUT2D eigenvalue weighted by molar-refractivity contribution is -0.302. The van der Waals surface area contributed by atoms with Crippen LogP contribution in [0.2, 0.25) is 5.65 Å². The number of carbonyl (C=O) groups is 1. The Balaban J connectivity index is 0. The molecule has 4 N–H and O–H groups in total. The molecule has 0 saturated heterocycles. The van der Waals surface area contributed by atoms with Gasteiger partial charge in [-0.3, -0.25) is 0 Å². The van der Waals surface area contributed by atoms with E-state index >= 15 is 0 Å². The molecule has 0 aromatic rings. The SMILES string of the molecule is CC(=O)[O-].[2H][N+]([2H])([2H])[2H]. The van der Waals surface area contributed by atoms with Crippen LogP contribution in [-0.2, 0) is 4.79 Å². The van der Waals surface area contributed by atoms with Gasteiger partial charge in [-0.15, -0.1) is 0 Å². The van der Waals surface area contributed by atoms with E-state index in [0.717, 1.165) is 6.92 Å². The molecule has 0 bridgehead atoms. The second kappa shape index (κ2) is 3.43. The first-order valence-corrected chi connectivity index (χ1v) is 0.908. The number of hydrogen-bond acceptors (Lipinski definition) is 2. The summed E-state index contributed by atoms with van der Waals surface area (Å²) in [5.41, 5.74) is 0. The molecule has 0 atom stereocenters. The number of hydrogen-bond donors (Lipinski definition) is 1. The first kappa shape index (κ1) is 1.26. The fourth-order valence-corrected chi connectivity index (χ4v) is 0. The minimum atomic E-state index is -2.00. The topological polar surface area (TPSA) is 76.6 Å². The largest absolute Gasteiger partial charge is 0.550 e. The highest BCUT2D eigenvalue weighted by Gasteiger charge is 1.46. The van der Waals surface area contributed by atoms with E-state index in [1.54, 1.807) is 0 Å². The lowest BCUT2D eigenvalue weighted by atomic mass is 10.9. The molecule has 0 saturated carbocycles. The van der Waals surface area contributed by atoms with Crippen molar-refractivity contribution in [1.29, 1.82) is 0 Å². The van der Waals surface area contributed by atoms with Gasteiger partial charge in [-0.25, -0.2) is 0 Å². The van der Waals surface area contributed by atoms with Crippen LogP contribution in [0.15, 0.2) is 0 Å². The lowest BCUT2D eigenvalue weighted by Crippen LogP contribution is -2.16. The van der Waals surface area contributed by atoms with Gasteiger partial charge in [0.05, 0.1) is 0 Å². The number of carboxylic acids is 1. The summed E-state index contributed by atoms with van der Waals surface area (Å²) >= 11 is 0. The van der Waals surface area contributed by atoms with Crippen molar-refractivity contribution < 1.29 is 15.5 Å². The third kappa shape index (κ3) is 21.6. The molecule has 0 aromatic carbocycles. The van der Waals surface area contributed by atoms with E-state index in [-0.39, 0.29) is 0 Å². The second-order valence-corrected chi connectivity index (χ2v) is 0.492. The van der Waals surface area contributed by atoms with Crippen molar-refractivity contribution in [3.05, 3.63) is 0 Å². The first-order chi connectivity index (χ1) is 3.73. The molecule has 0 aromatic heterocycles. The Labute approximate surface area is 36.0 Å². The van der Waals surface area contributed by atoms with Gasteiger partial charge in [0.1, 0.15) is 0 Å². The molecule has 0 spiro atoms. The molecule has 0 aliphatic heterocycles. The molecular formula is C2H7NO2. The maximum absolute atomic E-state index is 8.89. The number of carbonyl (C=O) groups excluding carboxylic acids is 1. The van der Waals surface area contributed by atoms with Gasteiger partial charge in [0, 0.05) is 5.97 Å². The zero-order chi connectivity index (χ0) is 8.08. The van der Waals surface area contributed by atoms with Gasteiger partial charge >= 0.3 is 5.65 Å². The van der Waals surface area contributed by atoms with Crippen molar-refractivity contribution >= 4 is 5.97 Å². The van der Waals surface area contributed by atoms with Crippen molar-refractivity contribution in [3.8, 4) is 0 Å². The monoisotopic (exact) mass is 81.1 g/mol. The van der Waals surface area contributed by atoms with Gasteiger partial charge in [-0.2, -0.15) is 0 Å². The summed E-state index contributed by atoms with van der Waals surface area (Å²) in [7, 11) is 0. The van der Waals surface area contributed by atoms with Crippen LogP contribution in [-0.4, -0.2) is 5.97 Å². The average Bonchev–Trinajstić information content (AvgIpc) is 1.19. The molecule has 3 heteroatoms. The maximum atomic E-state index is 8.89. The molecule has 0 rings (SSSR count). The molecule has 0 radical (unpaired) electrons. The predicted molar refractivity (Wildman–Crippen MR) is 16.7 cm³/mol. The smallest absolute Gasteiger partial charge is 0.342 e. The van der Waals surface area contributed by atoms with E-state index in [2.05, 4.69) is 0 Å². The van der Waals surface area contributed by atoms with E-state index in [1.807, 2.05) is 0 Å². The first-order valence-electron chi connectivity index (χ1n) is 2.70. The Morgan fingerprint density at radius 2 is 2.40 bits per heavy atom. The van der Waals surface area contributed by atoms with Crippen LogP contribution in [0.3, 0.4) is 0 Å². The quantitative estimate of drug-likeness (QED) is 0.411. The Morgan fingerprint density at radius 1 is 2.40 bits per heavy atom. The molecule has 0 amide bonds. The van der Waals surface area contributed by atoms with Crippen LogP contribution in [0.4, 0.5) is 0 Å². The molecule has 5 heavy (non-hydrogen) atoms. The van der Waals surface area contributed by atoms with Crippen LogP contribution < -0.4 is 11.2 Å². The fraction of sp³-hybridized carbons (Fsp3) is 0.500. The highest BCUT2D eigenvalue weighted by atomic mass is 16.4. The predicted octanol–water partition coefficient (Wildman–Crippen LogP) is -0.868. The molecular weight excluding hydrogens is 70.0 g/mol. The minimum absolute atomic E-state index is 0.972. The summed E-state index contributed by atoms with van der Waals surface area (Å²) in [6, 6.07) is 0. The van der Waals surface area contributed by atoms with Crippen molar-refractivity contribution in [1.82, 2.24) is 6.12 Å². The molecule has 0 aliphatic carbocycles. The van der Waals surface area contributed by atoms with Crippen molar-refractivity contribution in [2.24, 2.45) is 0 Å². The van der Waals surface area contributed by atoms with Crippen LogP contribution in [0.1, 0.15) is 6.92 Å². The molecule has 0 aliphatic rings. The van der Waals surface area contributed by atoms with Crippen LogP contribution in [0.5, 0.6) is 0 Å². The fourth-order valence-electron chi connectivity index (χ4n) is 0. The van der Waals surface area contributed by atoms with E-state index < -0.39 is 12.1 Å². The Morgan fingerprint density at radius 3 is 2.40 bits per heavy atom. The number of carboxylic acid groups (broad SMARTS) is 1. The van der Waals surface area contributed by atoms with Gasteiger partial charge in [0.25, 0.3) is 0 Å². The second-order valence-electron chi connectivity index (χ2n) is 0.492. The van der Waals surface area contributed by atoms with Gasteiger partial charge < -0.3 is 16.0 Å². The van der Waals surface area contributed by atoms with Crippen LogP contribution in [0, 0.1) is 0 Å². The molecule has 32 valence electrons. The van der Waals surface area contributed by atoms with Crippen LogP contribution in [0.25, 0.3) is 0 Å². The Hall–Kier alpha value is -0.570. The van der Waals surface area contributed by atoms with E-state index in [9.17, 15) is 0 Å². The standard InChI is InChI=1S/C2H4O2.H3N/c1-2(3)4;/h1H3,(H,3,4);1H3/i/hD4. The van der Waals surface area contributed by atoms with E-state index in [4.69, 9.17) is 15.5 Å². The van der Waals surface area contributed by atoms with Crippen LogP contribution >= 0.6 is 0 Å². The summed E-state index contributed by atoms with van der Waals surface area (Å²) in [5.74, 6) is -1.08. The molecule has 0 unspecified atom stereocenters. The third-order valence-electron chi connectivity index (χ3n) is 0. The van der Waals surface area contributed by atoms with Gasteiger partial charge in [0.2, 0.25) is 0 Å². The third-order valence-corrected chi connectivity index (χ3v) is 0. The Bertz CT molecular complexity index is 79.1. The average molecular weight is 81.1 g/mol. The molecule has 0 fully saturated rings. The highest BCUT2D eigenvalue weighted by molar-refractivity contribution is 5.60. The zero-order valence-corrected chi connectivity index (χ0v) is 2.76. The summed E-state index contributed by atoms with van der Waals surface area (Å²) in [6.07, 6.45) is -2.00. The van der Waals surface area contributed by atoms with Crippen molar-refractivity contribution in [2.45, 2.75) is 6.92 Å². The summed E-state index contributed by atoms with van der Waals surface area (Å²) in [4.78, 5) is 8.89. The number of rotatable bonds is 0. The number of quaternary nitrogens is 1. The van der Waals surface area contributed by atoms with Gasteiger partial charge in [-0.1, -0.05) is 0 Å². The number of aliphatic carboxylic acids is 1. The van der Waals surface area contributed by atoms with E-state index in [0.29, 0.717) is 0 Å². The van der Waals surface area contributed by atoms with Crippen molar-refractivity contribution in [2.75, 3.05) is 0 Å².